The van der Waals surface area contributed by atoms with Crippen LogP contribution in [-0.2, 0) is 5.21 Å². The van der Waals surface area contributed by atoms with Crippen LogP contribution in [0.4, 0.5) is 0 Å². The van der Waals surface area contributed by atoms with E-state index in [0.717, 1.165) is 12.8 Å². The Kier molecular flexibility index (Phi) is 2.01. The molecule has 1 aliphatic rings. The summed E-state index contributed by atoms with van der Waals surface area (Å²) in [5, 5.41) is 13.0. The Labute approximate surface area is 69.2 Å². The summed E-state index contributed by atoms with van der Waals surface area (Å²) in [7, 11) is 0. The minimum Gasteiger partial charge on any atom is -0.144 e. The minimum atomic E-state index is -0.151. The molecule has 0 bridgehead atoms. The Morgan fingerprint density at radius 3 is 1.64 bits per heavy atom. The first-order valence-corrected chi connectivity index (χ1v) is 4.34. The van der Waals surface area contributed by atoms with Gasteiger partial charge in [-0.05, 0) is 47.0 Å². The highest BCUT2D eigenvalue weighted by Gasteiger charge is 2.41. The van der Waals surface area contributed by atoms with Crippen molar-refractivity contribution in [1.29, 1.82) is 0 Å². The maximum absolute atomic E-state index is 11.7. The van der Waals surface area contributed by atoms with Crippen LogP contribution in [0.2, 0.25) is 0 Å². The molecule has 11 heavy (non-hydrogen) atoms. The summed E-state index contributed by atoms with van der Waals surface area (Å²) in [6.45, 7) is 8.11. The van der Waals surface area contributed by atoms with E-state index >= 15 is 0 Å². The van der Waals surface area contributed by atoms with E-state index in [-0.39, 0.29) is 11.1 Å². The molecule has 0 unspecified atom stereocenters. The highest BCUT2D eigenvalue weighted by atomic mass is 18.3. The van der Waals surface area contributed by atoms with Gasteiger partial charge in [-0.25, -0.2) is 0 Å². The number of rotatable bonds is 0. The lowest BCUT2D eigenvalue weighted by atomic mass is 9.82. The molecule has 0 saturated carbocycles. The molecule has 1 saturated heterocycles. The minimum absolute atomic E-state index is 0.151. The van der Waals surface area contributed by atoms with Crippen molar-refractivity contribution in [3.8, 4) is 0 Å². The lowest BCUT2D eigenvalue weighted by Gasteiger charge is -2.46. The maximum Gasteiger partial charge on any atom is 0.0443 e. The zero-order valence-corrected chi connectivity index (χ0v) is 7.98. The second-order valence-corrected chi connectivity index (χ2v) is 4.77. The van der Waals surface area contributed by atoms with Gasteiger partial charge in [-0.3, -0.25) is 0 Å². The molecule has 1 heterocycles. The molecule has 0 aromatic carbocycles. The molecule has 1 fully saturated rings. The monoisotopic (exact) mass is 158 g/mol. The van der Waals surface area contributed by atoms with Crippen molar-refractivity contribution in [2.45, 2.75) is 58.0 Å². The fourth-order valence-corrected chi connectivity index (χ4v) is 1.98. The Morgan fingerprint density at radius 1 is 1.00 bits per heavy atom. The highest BCUT2D eigenvalue weighted by molar-refractivity contribution is 4.91. The van der Waals surface area contributed by atoms with Crippen molar-refractivity contribution >= 4 is 0 Å². The fraction of sp³-hybridized carbons (Fsp3) is 1.00. The molecule has 0 aromatic heterocycles. The number of nitrogens with zero attached hydrogens (tertiary/aromatic N) is 1. The van der Waals surface area contributed by atoms with Gasteiger partial charge in [-0.1, -0.05) is 0 Å². The first kappa shape index (κ1) is 9.01. The van der Waals surface area contributed by atoms with Crippen molar-refractivity contribution in [3.05, 3.63) is 0 Å². The molecule has 0 spiro atoms. The topological polar surface area (TPSA) is 23.1 Å². The largest absolute Gasteiger partial charge is 0.144 e. The van der Waals surface area contributed by atoms with Crippen molar-refractivity contribution < 1.29 is 5.21 Å². The van der Waals surface area contributed by atoms with Gasteiger partial charge in [-0.15, -0.1) is 10.3 Å². The maximum atomic E-state index is 11.7. The van der Waals surface area contributed by atoms with E-state index in [0.29, 0.717) is 0 Å². The van der Waals surface area contributed by atoms with E-state index in [1.54, 1.807) is 0 Å². The number of hydrogen-bond acceptors (Lipinski definition) is 1. The third-order valence-corrected chi connectivity index (χ3v) is 2.68. The summed E-state index contributed by atoms with van der Waals surface area (Å²) >= 11 is 0. The molecule has 0 aliphatic carbocycles. The molecular weight excluding hydrogens is 140 g/mol. The van der Waals surface area contributed by atoms with Gasteiger partial charge in [0.05, 0.1) is 0 Å². The molecule has 0 amide bonds. The molecule has 1 rings (SSSR count). The van der Waals surface area contributed by atoms with E-state index in [4.69, 9.17) is 0 Å². The molecule has 0 aromatic rings. The quantitative estimate of drug-likeness (QED) is 0.496. The van der Waals surface area contributed by atoms with E-state index in [2.05, 4.69) is 0 Å². The molecule has 1 aliphatic heterocycles. The average Bonchev–Trinajstić information content (AvgIpc) is 1.82. The zero-order chi connectivity index (χ0) is 8.70. The smallest absolute Gasteiger partial charge is 0.0443 e. The van der Waals surface area contributed by atoms with Crippen LogP contribution in [0.25, 0.3) is 0 Å². The summed E-state index contributed by atoms with van der Waals surface area (Å²) in [4.78, 5) is 0. The van der Waals surface area contributed by atoms with Crippen molar-refractivity contribution in [2.75, 3.05) is 0 Å². The van der Waals surface area contributed by atoms with Gasteiger partial charge >= 0.3 is 0 Å². The van der Waals surface area contributed by atoms with E-state index in [1.807, 2.05) is 27.7 Å². The predicted octanol–water partition coefficient (Wildman–Crippen LogP) is 2.38. The van der Waals surface area contributed by atoms with Crippen LogP contribution in [0.3, 0.4) is 0 Å². The van der Waals surface area contributed by atoms with Crippen molar-refractivity contribution in [3.63, 3.8) is 0 Å². The van der Waals surface area contributed by atoms with Gasteiger partial charge < -0.3 is 0 Å². The summed E-state index contributed by atoms with van der Waals surface area (Å²) in [5.41, 5.74) is -0.302. The number of piperidine rings is 1. The molecular formula is C9H18NO. The second-order valence-electron chi connectivity index (χ2n) is 4.77. The normalized spacial score (nSPS) is 30.3. The van der Waals surface area contributed by atoms with Crippen molar-refractivity contribution in [1.82, 2.24) is 5.06 Å². The predicted molar refractivity (Wildman–Crippen MR) is 44.5 cm³/mol. The molecule has 65 valence electrons. The average molecular weight is 158 g/mol. The van der Waals surface area contributed by atoms with Crippen molar-refractivity contribution in [2.24, 2.45) is 0 Å². The lowest BCUT2D eigenvalue weighted by Crippen LogP contribution is -2.55. The molecule has 0 atom stereocenters. The Balaban J connectivity index is 2.76. The summed E-state index contributed by atoms with van der Waals surface area (Å²) in [6, 6.07) is 0. The Bertz CT molecular complexity index is 136. The lowest BCUT2D eigenvalue weighted by molar-refractivity contribution is -0.286. The molecule has 2 heteroatoms. The Morgan fingerprint density at radius 2 is 1.36 bits per heavy atom. The van der Waals surface area contributed by atoms with Crippen LogP contribution in [0.5, 0.6) is 0 Å². The van der Waals surface area contributed by atoms with Crippen LogP contribution in [0.1, 0.15) is 47.0 Å². The second kappa shape index (κ2) is 2.46. The van der Waals surface area contributed by atoms with Crippen LogP contribution < -0.4 is 0 Å². The summed E-state index contributed by atoms with van der Waals surface area (Å²) < 4.78 is 0. The summed E-state index contributed by atoms with van der Waals surface area (Å²) in [6.07, 6.45) is 3.23. The van der Waals surface area contributed by atoms with Gasteiger partial charge in [0.25, 0.3) is 0 Å². The highest BCUT2D eigenvalue weighted by Crippen LogP contribution is 2.36. The first-order valence-electron chi connectivity index (χ1n) is 4.34. The molecule has 0 N–H and O–H groups in total. The van der Waals surface area contributed by atoms with Gasteiger partial charge in [0.1, 0.15) is 0 Å². The van der Waals surface area contributed by atoms with Crippen LogP contribution in [0, 0.1) is 0 Å². The number of hydrogen-bond donors (Lipinski definition) is 0. The standard InChI is InChI=1S/C9H18NO/c1-8(2)6-5-7-9(3,4)10(8)11/h5-7H2,1-4H3/i11+2. The number of hydroxylamine groups is 2. The van der Waals surface area contributed by atoms with Crippen LogP contribution in [0.15, 0.2) is 0 Å². The molecule has 1 radical (unpaired) electrons. The summed E-state index contributed by atoms with van der Waals surface area (Å²) in [5.74, 6) is 0. The van der Waals surface area contributed by atoms with Crippen LogP contribution in [-0.4, -0.2) is 16.1 Å². The van der Waals surface area contributed by atoms with Gasteiger partial charge in [0.2, 0.25) is 0 Å². The van der Waals surface area contributed by atoms with E-state index in [9.17, 15) is 5.21 Å². The van der Waals surface area contributed by atoms with E-state index < -0.39 is 0 Å². The third kappa shape index (κ3) is 1.57. The first-order chi connectivity index (χ1) is 4.86. The zero-order valence-electron chi connectivity index (χ0n) is 7.98. The Hall–Kier alpha value is -0.0800. The van der Waals surface area contributed by atoms with Gasteiger partial charge in [-0.2, -0.15) is 0 Å². The third-order valence-electron chi connectivity index (χ3n) is 2.68. The van der Waals surface area contributed by atoms with E-state index in [1.165, 1.54) is 11.5 Å². The van der Waals surface area contributed by atoms with Gasteiger partial charge in [0, 0.05) is 11.1 Å². The van der Waals surface area contributed by atoms with Crippen LogP contribution >= 0.6 is 0 Å². The molecule has 2 nitrogen and oxygen atoms in total. The fourth-order valence-electron chi connectivity index (χ4n) is 1.98. The van der Waals surface area contributed by atoms with Gasteiger partial charge in [0.15, 0.2) is 0 Å². The SMILES string of the molecule is CC1(C)CCCC(C)(C)N1[18O].